The average Bonchev–Trinajstić information content (AvgIpc) is 3.22. The lowest BCUT2D eigenvalue weighted by Gasteiger charge is -2.36. The van der Waals surface area contributed by atoms with Crippen LogP contribution in [0.1, 0.15) is 74.8 Å². The third-order valence-electron chi connectivity index (χ3n) is 7.57. The largest absolute Gasteiger partial charge is 0.381 e. The monoisotopic (exact) mass is 619 g/mol. The Morgan fingerprint density at radius 1 is 1.02 bits per heavy atom. The number of aliphatic hydroxyl groups is 1. The molecule has 43 heavy (non-hydrogen) atoms. The summed E-state index contributed by atoms with van der Waals surface area (Å²) in [6.45, 7) is 19.4. The average molecular weight is 620 g/mol. The van der Waals surface area contributed by atoms with Crippen molar-refractivity contribution in [3.05, 3.63) is 35.9 Å². The van der Waals surface area contributed by atoms with Crippen molar-refractivity contribution in [2.24, 2.45) is 22.5 Å². The molecule has 0 bridgehead atoms. The van der Waals surface area contributed by atoms with Crippen LogP contribution >= 0.6 is 11.8 Å². The summed E-state index contributed by atoms with van der Waals surface area (Å²) < 4.78 is -0.591. The Labute approximate surface area is 261 Å². The SMILES string of the molecule is CC(C)[C@H](N)C(=O)N[C@H](C(=O)N[C@@H](Cc1ccccc1)[C@H](O)C(=O)N1CSC(C)(C)[C@H]1C(=O)NCC(C)(C)C)C(C)(C)C. The summed E-state index contributed by atoms with van der Waals surface area (Å²) >= 11 is 1.46. The molecule has 0 spiro atoms. The van der Waals surface area contributed by atoms with E-state index in [0.29, 0.717) is 6.54 Å². The lowest BCUT2D eigenvalue weighted by Crippen LogP contribution is -2.62. The molecule has 2 rings (SSSR count). The summed E-state index contributed by atoms with van der Waals surface area (Å²) in [7, 11) is 0. The first-order chi connectivity index (χ1) is 19.7. The highest BCUT2D eigenvalue weighted by Gasteiger charge is 2.50. The second kappa shape index (κ2) is 14.4. The van der Waals surface area contributed by atoms with Gasteiger partial charge in [-0.1, -0.05) is 85.7 Å². The molecule has 1 aromatic rings. The molecule has 1 fully saturated rings. The van der Waals surface area contributed by atoms with Crippen molar-refractivity contribution in [3.8, 4) is 0 Å². The summed E-state index contributed by atoms with van der Waals surface area (Å²) in [5.41, 5.74) is 6.00. The van der Waals surface area contributed by atoms with Crippen molar-refractivity contribution < 1.29 is 24.3 Å². The Kier molecular flexibility index (Phi) is 12.3. The highest BCUT2D eigenvalue weighted by Crippen LogP contribution is 2.40. The van der Waals surface area contributed by atoms with Crippen LogP contribution in [0, 0.1) is 16.7 Å². The molecule has 11 heteroatoms. The van der Waals surface area contributed by atoms with E-state index in [1.165, 1.54) is 16.7 Å². The molecule has 10 nitrogen and oxygen atoms in total. The second-order valence-electron chi connectivity index (χ2n) is 14.7. The maximum atomic E-state index is 13.9. The number of rotatable bonds is 11. The molecule has 0 aromatic heterocycles. The number of carbonyl (C=O) groups excluding carboxylic acids is 4. The van der Waals surface area contributed by atoms with Crippen molar-refractivity contribution in [2.75, 3.05) is 12.4 Å². The lowest BCUT2D eigenvalue weighted by molar-refractivity contribution is -0.148. The number of hydrogen-bond donors (Lipinski definition) is 5. The van der Waals surface area contributed by atoms with Crippen molar-refractivity contribution in [1.29, 1.82) is 0 Å². The first kappa shape index (κ1) is 36.6. The molecule has 4 amide bonds. The number of nitrogens with zero attached hydrogens (tertiary/aromatic N) is 1. The van der Waals surface area contributed by atoms with E-state index in [9.17, 15) is 24.3 Å². The molecule has 5 atom stereocenters. The molecule has 0 radical (unpaired) electrons. The molecule has 242 valence electrons. The van der Waals surface area contributed by atoms with Crippen LogP contribution in [0.4, 0.5) is 0 Å². The molecule has 1 heterocycles. The predicted molar refractivity (Wildman–Crippen MR) is 172 cm³/mol. The van der Waals surface area contributed by atoms with E-state index in [1.807, 2.05) is 99.6 Å². The summed E-state index contributed by atoms with van der Waals surface area (Å²) in [5.74, 6) is -1.84. The molecule has 0 unspecified atom stereocenters. The fourth-order valence-corrected chi connectivity index (χ4v) is 5.94. The Balaban J connectivity index is 2.38. The van der Waals surface area contributed by atoms with Crippen LogP contribution in [0.3, 0.4) is 0 Å². The van der Waals surface area contributed by atoms with Gasteiger partial charge >= 0.3 is 0 Å². The fourth-order valence-electron chi connectivity index (χ4n) is 4.80. The minimum absolute atomic E-state index is 0.134. The zero-order chi connectivity index (χ0) is 32.9. The number of benzene rings is 1. The molecule has 1 aliphatic rings. The van der Waals surface area contributed by atoms with Gasteiger partial charge in [-0.3, -0.25) is 19.2 Å². The highest BCUT2D eigenvalue weighted by atomic mass is 32.2. The van der Waals surface area contributed by atoms with Gasteiger partial charge in [0.15, 0.2) is 6.10 Å². The molecule has 0 saturated carbocycles. The van der Waals surface area contributed by atoms with E-state index >= 15 is 0 Å². The first-order valence-corrected chi connectivity index (χ1v) is 15.9. The van der Waals surface area contributed by atoms with Gasteiger partial charge < -0.3 is 31.7 Å². The minimum atomic E-state index is -1.65. The number of aliphatic hydroxyl groups excluding tert-OH is 1. The highest BCUT2D eigenvalue weighted by molar-refractivity contribution is 8.00. The molecule has 6 N–H and O–H groups in total. The molecule has 1 aromatic carbocycles. The van der Waals surface area contributed by atoms with Crippen LogP contribution in [0.5, 0.6) is 0 Å². The summed E-state index contributed by atoms with van der Waals surface area (Å²) in [5, 5.41) is 20.2. The number of nitrogens with one attached hydrogen (secondary N) is 3. The van der Waals surface area contributed by atoms with Crippen LogP contribution in [0.2, 0.25) is 0 Å². The maximum absolute atomic E-state index is 13.9. The van der Waals surface area contributed by atoms with Crippen LogP contribution in [-0.4, -0.2) is 81.1 Å². The van der Waals surface area contributed by atoms with E-state index in [0.717, 1.165) is 5.56 Å². The third kappa shape index (κ3) is 10.2. The van der Waals surface area contributed by atoms with Gasteiger partial charge in [0.05, 0.1) is 18.0 Å². The Morgan fingerprint density at radius 3 is 2.12 bits per heavy atom. The Hall–Kier alpha value is -2.63. The summed E-state index contributed by atoms with van der Waals surface area (Å²) in [6, 6.07) is 5.59. The zero-order valence-electron chi connectivity index (χ0n) is 27.5. The minimum Gasteiger partial charge on any atom is -0.381 e. The van der Waals surface area contributed by atoms with Gasteiger partial charge in [0.2, 0.25) is 17.7 Å². The van der Waals surface area contributed by atoms with Crippen LogP contribution < -0.4 is 21.7 Å². The van der Waals surface area contributed by atoms with Crippen LogP contribution in [0.25, 0.3) is 0 Å². The summed E-state index contributed by atoms with van der Waals surface area (Å²) in [6.07, 6.45) is -1.49. The summed E-state index contributed by atoms with van der Waals surface area (Å²) in [4.78, 5) is 55.3. The van der Waals surface area contributed by atoms with Gasteiger partial charge in [0, 0.05) is 11.3 Å². The molecular formula is C32H53N5O5S. The normalized spacial score (nSPS) is 19.7. The maximum Gasteiger partial charge on any atom is 0.254 e. The zero-order valence-corrected chi connectivity index (χ0v) is 28.3. The van der Waals surface area contributed by atoms with Gasteiger partial charge in [-0.05, 0) is 42.6 Å². The standard InChI is InChI=1S/C32H53N5O5S/c1-19(2)22(33)26(39)36-24(31(6,7)8)27(40)35-21(16-20-14-12-11-13-15-20)23(38)29(42)37-18-43-32(9,10)25(37)28(41)34-17-30(3,4)5/h11-15,19,21-25,38H,16-18,33H2,1-10H3,(H,34,41)(H,35,40)(H,36,39)/t21-,22-,23-,24+,25+/m0/s1. The Morgan fingerprint density at radius 2 is 1.60 bits per heavy atom. The molecule has 1 saturated heterocycles. The predicted octanol–water partition coefficient (Wildman–Crippen LogP) is 2.43. The quantitative estimate of drug-likeness (QED) is 0.255. The first-order valence-electron chi connectivity index (χ1n) is 15.0. The molecule has 1 aliphatic heterocycles. The van der Waals surface area contributed by atoms with Gasteiger partial charge in [0.25, 0.3) is 5.91 Å². The fraction of sp³-hybridized carbons (Fsp3) is 0.688. The Bertz CT molecular complexity index is 1130. The van der Waals surface area contributed by atoms with Crippen molar-refractivity contribution >= 4 is 35.4 Å². The number of amides is 4. The van der Waals surface area contributed by atoms with Gasteiger partial charge in [0.1, 0.15) is 12.1 Å². The second-order valence-corrected chi connectivity index (χ2v) is 16.3. The smallest absolute Gasteiger partial charge is 0.254 e. The topological polar surface area (TPSA) is 154 Å². The molecular weight excluding hydrogens is 566 g/mol. The van der Waals surface area contributed by atoms with Crippen molar-refractivity contribution in [2.45, 2.75) is 111 Å². The number of nitrogens with two attached hydrogens (primary N) is 1. The van der Waals surface area contributed by atoms with Gasteiger partial charge in [-0.2, -0.15) is 0 Å². The van der Waals surface area contributed by atoms with Crippen molar-refractivity contribution in [3.63, 3.8) is 0 Å². The van der Waals surface area contributed by atoms with Crippen LogP contribution in [0.15, 0.2) is 30.3 Å². The molecule has 0 aliphatic carbocycles. The van der Waals surface area contributed by atoms with Crippen LogP contribution in [-0.2, 0) is 25.6 Å². The van der Waals surface area contributed by atoms with E-state index in [1.54, 1.807) is 0 Å². The van der Waals surface area contributed by atoms with E-state index in [2.05, 4.69) is 16.0 Å². The number of thioether (sulfide) groups is 1. The number of carbonyl (C=O) groups is 4. The lowest BCUT2D eigenvalue weighted by atomic mass is 9.85. The number of hydrogen-bond acceptors (Lipinski definition) is 7. The van der Waals surface area contributed by atoms with E-state index in [4.69, 9.17) is 5.73 Å². The van der Waals surface area contributed by atoms with Gasteiger partial charge in [-0.15, -0.1) is 11.8 Å². The third-order valence-corrected chi connectivity index (χ3v) is 8.94. The van der Waals surface area contributed by atoms with E-state index < -0.39 is 58.2 Å². The van der Waals surface area contributed by atoms with Crippen molar-refractivity contribution in [1.82, 2.24) is 20.9 Å². The van der Waals surface area contributed by atoms with E-state index in [-0.39, 0.29) is 29.5 Å². The van der Waals surface area contributed by atoms with Gasteiger partial charge in [-0.25, -0.2) is 0 Å².